The number of aryl methyl sites for hydroxylation is 2. The van der Waals surface area contributed by atoms with E-state index in [1.165, 1.54) is 16.7 Å². The van der Waals surface area contributed by atoms with E-state index in [1.807, 2.05) is 12.1 Å². The molecule has 0 spiro atoms. The number of hydrogen-bond acceptors (Lipinski definition) is 2. The van der Waals surface area contributed by atoms with Crippen molar-refractivity contribution in [1.29, 1.82) is 0 Å². The van der Waals surface area contributed by atoms with Crippen molar-refractivity contribution in [1.82, 2.24) is 10.2 Å². The van der Waals surface area contributed by atoms with Crippen molar-refractivity contribution in [3.63, 3.8) is 0 Å². The quantitative estimate of drug-likeness (QED) is 0.715. The minimum Gasteiger partial charge on any atom is -0.356 e. The fraction of sp³-hybridized carbons (Fsp3) is 0.381. The maximum Gasteiger partial charge on any atom is 0.220 e. The maximum absolute atomic E-state index is 11.9. The molecule has 0 radical (unpaired) electrons. The average molecular weight is 324 g/mol. The molecule has 0 saturated heterocycles. The smallest absolute Gasteiger partial charge is 0.220 e. The first-order valence-corrected chi connectivity index (χ1v) is 8.68. The highest BCUT2D eigenvalue weighted by molar-refractivity contribution is 5.76. The molecule has 0 saturated carbocycles. The molecular weight excluding hydrogens is 296 g/mol. The van der Waals surface area contributed by atoms with Crippen LogP contribution < -0.4 is 5.32 Å². The molecule has 1 N–H and O–H groups in total. The molecule has 2 rings (SSSR count). The molecule has 0 aliphatic heterocycles. The molecule has 3 heteroatoms. The van der Waals surface area contributed by atoms with Gasteiger partial charge in [0.2, 0.25) is 5.91 Å². The van der Waals surface area contributed by atoms with E-state index in [4.69, 9.17) is 0 Å². The SMILES string of the molecule is Cc1cccc(CCC(=O)NCCCN(C)Cc2ccccc2)c1. The highest BCUT2D eigenvalue weighted by Crippen LogP contribution is 2.06. The van der Waals surface area contributed by atoms with Crippen LogP contribution in [-0.2, 0) is 17.8 Å². The molecule has 0 fully saturated rings. The normalized spacial score (nSPS) is 10.8. The third-order valence-corrected chi connectivity index (χ3v) is 4.06. The van der Waals surface area contributed by atoms with Gasteiger partial charge in [0.15, 0.2) is 0 Å². The molecule has 128 valence electrons. The average Bonchev–Trinajstić information content (AvgIpc) is 2.58. The first-order valence-electron chi connectivity index (χ1n) is 8.68. The molecule has 0 aliphatic rings. The number of rotatable bonds is 9. The van der Waals surface area contributed by atoms with E-state index < -0.39 is 0 Å². The van der Waals surface area contributed by atoms with Crippen molar-refractivity contribution >= 4 is 5.91 Å². The third kappa shape index (κ3) is 6.97. The zero-order valence-corrected chi connectivity index (χ0v) is 14.8. The van der Waals surface area contributed by atoms with Crippen molar-refractivity contribution < 1.29 is 4.79 Å². The summed E-state index contributed by atoms with van der Waals surface area (Å²) in [5.74, 6) is 0.141. The minimum absolute atomic E-state index is 0.141. The summed E-state index contributed by atoms with van der Waals surface area (Å²) in [4.78, 5) is 14.2. The number of hydrogen-bond donors (Lipinski definition) is 1. The van der Waals surface area contributed by atoms with Crippen LogP contribution >= 0.6 is 0 Å². The van der Waals surface area contributed by atoms with E-state index in [1.54, 1.807) is 0 Å². The van der Waals surface area contributed by atoms with Crippen LogP contribution in [0.25, 0.3) is 0 Å². The third-order valence-electron chi connectivity index (χ3n) is 4.06. The standard InChI is InChI=1S/C21H28N2O/c1-18-8-6-11-19(16-18)12-13-21(24)22-14-7-15-23(2)17-20-9-4-3-5-10-20/h3-6,8-11,16H,7,12-15,17H2,1-2H3,(H,22,24). The van der Waals surface area contributed by atoms with Gasteiger partial charge in [-0.2, -0.15) is 0 Å². The lowest BCUT2D eigenvalue weighted by Gasteiger charge is -2.16. The van der Waals surface area contributed by atoms with E-state index in [9.17, 15) is 4.79 Å². The van der Waals surface area contributed by atoms with E-state index >= 15 is 0 Å². The summed E-state index contributed by atoms with van der Waals surface area (Å²) in [5, 5.41) is 3.02. The van der Waals surface area contributed by atoms with E-state index in [0.29, 0.717) is 6.42 Å². The van der Waals surface area contributed by atoms with Gasteiger partial charge in [-0.05, 0) is 44.5 Å². The second-order valence-electron chi connectivity index (χ2n) is 6.42. The van der Waals surface area contributed by atoms with Crippen molar-refractivity contribution in [2.45, 2.75) is 32.7 Å². The molecule has 0 bridgehead atoms. The molecule has 0 aliphatic carbocycles. The number of amides is 1. The Morgan fingerprint density at radius 2 is 1.79 bits per heavy atom. The molecule has 0 atom stereocenters. The predicted octanol–water partition coefficient (Wildman–Crippen LogP) is 3.57. The molecular formula is C21H28N2O. The molecule has 0 heterocycles. The van der Waals surface area contributed by atoms with Crippen LogP contribution in [0.4, 0.5) is 0 Å². The second kappa shape index (κ2) is 9.89. The Hall–Kier alpha value is -2.13. The van der Waals surface area contributed by atoms with Crippen LogP contribution in [0.2, 0.25) is 0 Å². The van der Waals surface area contributed by atoms with Gasteiger partial charge in [0.05, 0.1) is 0 Å². The topological polar surface area (TPSA) is 32.3 Å². The van der Waals surface area contributed by atoms with Gasteiger partial charge in [0, 0.05) is 19.5 Å². The van der Waals surface area contributed by atoms with Gasteiger partial charge in [-0.3, -0.25) is 4.79 Å². The van der Waals surface area contributed by atoms with Gasteiger partial charge in [-0.25, -0.2) is 0 Å². The summed E-state index contributed by atoms with van der Waals surface area (Å²) < 4.78 is 0. The lowest BCUT2D eigenvalue weighted by molar-refractivity contribution is -0.121. The summed E-state index contributed by atoms with van der Waals surface area (Å²) >= 11 is 0. The molecule has 0 aromatic heterocycles. The van der Waals surface area contributed by atoms with Gasteiger partial charge in [-0.15, -0.1) is 0 Å². The van der Waals surface area contributed by atoms with E-state index in [-0.39, 0.29) is 5.91 Å². The van der Waals surface area contributed by atoms with Crippen molar-refractivity contribution in [3.05, 3.63) is 71.3 Å². The number of nitrogens with zero attached hydrogens (tertiary/aromatic N) is 1. The van der Waals surface area contributed by atoms with Gasteiger partial charge in [-0.1, -0.05) is 60.2 Å². The molecule has 2 aromatic rings. The Bertz CT molecular complexity index is 625. The largest absolute Gasteiger partial charge is 0.356 e. The number of benzene rings is 2. The highest BCUT2D eigenvalue weighted by atomic mass is 16.1. The fourth-order valence-corrected chi connectivity index (χ4v) is 2.76. The zero-order valence-electron chi connectivity index (χ0n) is 14.8. The Kier molecular flexibility index (Phi) is 7.50. The maximum atomic E-state index is 11.9. The Labute approximate surface area is 145 Å². The van der Waals surface area contributed by atoms with Gasteiger partial charge < -0.3 is 10.2 Å². The highest BCUT2D eigenvalue weighted by Gasteiger charge is 2.03. The van der Waals surface area contributed by atoms with Gasteiger partial charge >= 0.3 is 0 Å². The first kappa shape index (κ1) is 18.2. The van der Waals surface area contributed by atoms with Gasteiger partial charge in [0.25, 0.3) is 0 Å². The molecule has 1 amide bonds. The fourth-order valence-electron chi connectivity index (χ4n) is 2.76. The van der Waals surface area contributed by atoms with Crippen molar-refractivity contribution in [2.75, 3.05) is 20.1 Å². The zero-order chi connectivity index (χ0) is 17.2. The Morgan fingerprint density at radius 1 is 1.04 bits per heavy atom. The van der Waals surface area contributed by atoms with E-state index in [2.05, 4.69) is 66.7 Å². The molecule has 24 heavy (non-hydrogen) atoms. The first-order chi connectivity index (χ1) is 11.6. The lowest BCUT2D eigenvalue weighted by atomic mass is 10.1. The van der Waals surface area contributed by atoms with Crippen molar-refractivity contribution in [3.8, 4) is 0 Å². The summed E-state index contributed by atoms with van der Waals surface area (Å²) in [7, 11) is 2.12. The van der Waals surface area contributed by atoms with Crippen LogP contribution in [0.3, 0.4) is 0 Å². The monoisotopic (exact) mass is 324 g/mol. The summed E-state index contributed by atoms with van der Waals surface area (Å²) in [6.07, 6.45) is 2.34. The predicted molar refractivity (Wildman–Crippen MR) is 99.9 cm³/mol. The second-order valence-corrected chi connectivity index (χ2v) is 6.42. The summed E-state index contributed by atoms with van der Waals surface area (Å²) in [6, 6.07) is 18.8. The number of nitrogens with one attached hydrogen (secondary N) is 1. The Balaban J connectivity index is 1.57. The summed E-state index contributed by atoms with van der Waals surface area (Å²) in [6.45, 7) is 4.75. The Morgan fingerprint density at radius 3 is 2.54 bits per heavy atom. The lowest BCUT2D eigenvalue weighted by Crippen LogP contribution is -2.28. The van der Waals surface area contributed by atoms with Crippen LogP contribution in [0.1, 0.15) is 29.5 Å². The van der Waals surface area contributed by atoms with Crippen LogP contribution in [0.15, 0.2) is 54.6 Å². The van der Waals surface area contributed by atoms with Crippen LogP contribution in [0.5, 0.6) is 0 Å². The van der Waals surface area contributed by atoms with Crippen LogP contribution in [0, 0.1) is 6.92 Å². The van der Waals surface area contributed by atoms with Crippen molar-refractivity contribution in [2.24, 2.45) is 0 Å². The van der Waals surface area contributed by atoms with E-state index in [0.717, 1.165) is 32.5 Å². The summed E-state index contributed by atoms with van der Waals surface area (Å²) in [5.41, 5.74) is 3.80. The molecule has 2 aromatic carbocycles. The number of carbonyl (C=O) groups excluding carboxylic acids is 1. The van der Waals surface area contributed by atoms with Crippen LogP contribution in [-0.4, -0.2) is 30.9 Å². The number of carbonyl (C=O) groups is 1. The molecule has 3 nitrogen and oxygen atoms in total. The minimum atomic E-state index is 0.141. The molecule has 0 unspecified atom stereocenters. The van der Waals surface area contributed by atoms with Gasteiger partial charge in [0.1, 0.15) is 0 Å².